The van der Waals surface area contributed by atoms with E-state index in [1.54, 1.807) is 0 Å². The second kappa shape index (κ2) is 4.82. The van der Waals surface area contributed by atoms with Crippen LogP contribution in [0.5, 0.6) is 0 Å². The maximum absolute atomic E-state index is 5.32. The number of hydrogen-bond acceptors (Lipinski definition) is 1. The van der Waals surface area contributed by atoms with Crippen molar-refractivity contribution in [3.05, 3.63) is 0 Å². The standard InChI is InChI=1S/C11H20S/c1-7-8-10(9(2)3)12-11(4,5)6/h1,9-10H,8H2,2-6H3/t10-/m0/s1. The molecule has 70 valence electrons. The molecule has 0 aliphatic carbocycles. The molecule has 1 atom stereocenters. The lowest BCUT2D eigenvalue weighted by molar-refractivity contribution is 0.608. The summed E-state index contributed by atoms with van der Waals surface area (Å²) >= 11 is 1.99. The van der Waals surface area contributed by atoms with Gasteiger partial charge in [0.15, 0.2) is 0 Å². The first-order valence-corrected chi connectivity index (χ1v) is 5.36. The molecular formula is C11H20S. The second-order valence-corrected chi connectivity index (χ2v) is 6.49. The molecule has 0 rings (SSSR count). The van der Waals surface area contributed by atoms with E-state index >= 15 is 0 Å². The molecule has 12 heavy (non-hydrogen) atoms. The van der Waals surface area contributed by atoms with Crippen molar-refractivity contribution < 1.29 is 0 Å². The molecule has 1 heteroatoms. The fourth-order valence-corrected chi connectivity index (χ4v) is 2.34. The van der Waals surface area contributed by atoms with Crippen LogP contribution in [-0.2, 0) is 0 Å². The third kappa shape index (κ3) is 5.55. The summed E-state index contributed by atoms with van der Waals surface area (Å²) in [5.74, 6) is 3.42. The molecular weight excluding hydrogens is 164 g/mol. The Labute approximate surface area is 81.5 Å². The normalized spacial score (nSPS) is 14.4. The maximum Gasteiger partial charge on any atom is 0.0208 e. The molecule has 0 aromatic heterocycles. The van der Waals surface area contributed by atoms with Crippen LogP contribution in [0.3, 0.4) is 0 Å². The molecule has 0 fully saturated rings. The third-order valence-electron chi connectivity index (χ3n) is 1.57. The quantitative estimate of drug-likeness (QED) is 0.604. The average Bonchev–Trinajstić information content (AvgIpc) is 1.83. The highest BCUT2D eigenvalue weighted by Gasteiger charge is 2.20. The molecule has 0 saturated carbocycles. The van der Waals surface area contributed by atoms with Gasteiger partial charge < -0.3 is 0 Å². The molecule has 0 radical (unpaired) electrons. The first-order valence-electron chi connectivity index (χ1n) is 4.48. The Hall–Kier alpha value is -0.0900. The fraction of sp³-hybridized carbons (Fsp3) is 0.818. The van der Waals surface area contributed by atoms with Gasteiger partial charge in [-0.15, -0.1) is 12.3 Å². The first-order chi connectivity index (χ1) is 5.37. The SMILES string of the molecule is C#CC[C@H](SC(C)(C)C)C(C)C. The van der Waals surface area contributed by atoms with Crippen LogP contribution in [-0.4, -0.2) is 10.00 Å². The van der Waals surface area contributed by atoms with Gasteiger partial charge >= 0.3 is 0 Å². The van der Waals surface area contributed by atoms with E-state index in [0.717, 1.165) is 6.42 Å². The molecule has 0 unspecified atom stereocenters. The van der Waals surface area contributed by atoms with Crippen molar-refractivity contribution in [3.63, 3.8) is 0 Å². The van der Waals surface area contributed by atoms with Gasteiger partial charge in [-0.25, -0.2) is 0 Å². The monoisotopic (exact) mass is 184 g/mol. The zero-order valence-electron chi connectivity index (χ0n) is 8.85. The smallest absolute Gasteiger partial charge is 0.0208 e. The van der Waals surface area contributed by atoms with Crippen LogP contribution in [0.2, 0.25) is 0 Å². The number of terminal acetylenes is 1. The molecule has 0 aromatic rings. The Morgan fingerprint density at radius 2 is 1.83 bits per heavy atom. The van der Waals surface area contributed by atoms with Crippen LogP contribution in [0, 0.1) is 18.3 Å². The summed E-state index contributed by atoms with van der Waals surface area (Å²) in [5.41, 5.74) is 0. The minimum Gasteiger partial charge on any atom is -0.151 e. The van der Waals surface area contributed by atoms with E-state index in [1.807, 2.05) is 11.8 Å². The van der Waals surface area contributed by atoms with Crippen LogP contribution in [0.15, 0.2) is 0 Å². The molecule has 0 amide bonds. The maximum atomic E-state index is 5.32. The summed E-state index contributed by atoms with van der Waals surface area (Å²) in [7, 11) is 0. The van der Waals surface area contributed by atoms with Gasteiger partial charge in [-0.1, -0.05) is 34.6 Å². The summed E-state index contributed by atoms with van der Waals surface area (Å²) in [6.07, 6.45) is 6.21. The molecule has 0 aromatic carbocycles. The van der Waals surface area contributed by atoms with Gasteiger partial charge in [0.1, 0.15) is 0 Å². The number of hydrogen-bond donors (Lipinski definition) is 0. The lowest BCUT2D eigenvalue weighted by Gasteiger charge is -2.27. The van der Waals surface area contributed by atoms with Crippen molar-refractivity contribution >= 4 is 11.8 Å². The van der Waals surface area contributed by atoms with Gasteiger partial charge in [0.05, 0.1) is 0 Å². The Bertz CT molecular complexity index is 157. The topological polar surface area (TPSA) is 0 Å². The molecule has 0 aliphatic rings. The predicted octanol–water partition coefficient (Wildman–Crippen LogP) is 3.57. The molecule has 0 heterocycles. The lowest BCUT2D eigenvalue weighted by Crippen LogP contribution is -2.19. The molecule has 0 saturated heterocycles. The number of thioether (sulfide) groups is 1. The summed E-state index contributed by atoms with van der Waals surface area (Å²) in [6, 6.07) is 0. The zero-order valence-corrected chi connectivity index (χ0v) is 9.66. The van der Waals surface area contributed by atoms with Crippen LogP contribution in [0.25, 0.3) is 0 Å². The second-order valence-electron chi connectivity index (χ2n) is 4.42. The van der Waals surface area contributed by atoms with E-state index in [1.165, 1.54) is 0 Å². The third-order valence-corrected chi connectivity index (χ3v) is 3.29. The van der Waals surface area contributed by atoms with Crippen LogP contribution < -0.4 is 0 Å². The Morgan fingerprint density at radius 3 is 2.08 bits per heavy atom. The Kier molecular flexibility index (Phi) is 4.78. The molecule has 0 nitrogen and oxygen atoms in total. The van der Waals surface area contributed by atoms with Crippen molar-refractivity contribution in [1.82, 2.24) is 0 Å². The van der Waals surface area contributed by atoms with E-state index in [4.69, 9.17) is 6.42 Å². The van der Waals surface area contributed by atoms with E-state index in [9.17, 15) is 0 Å². The van der Waals surface area contributed by atoms with Gasteiger partial charge in [-0.2, -0.15) is 11.8 Å². The summed E-state index contributed by atoms with van der Waals surface area (Å²) in [4.78, 5) is 0. The minimum absolute atomic E-state index is 0.325. The zero-order chi connectivity index (χ0) is 9.78. The van der Waals surface area contributed by atoms with Gasteiger partial charge in [0.2, 0.25) is 0 Å². The summed E-state index contributed by atoms with van der Waals surface area (Å²) in [6.45, 7) is 11.2. The highest BCUT2D eigenvalue weighted by molar-refractivity contribution is 8.01. The fourth-order valence-electron chi connectivity index (χ4n) is 0.984. The van der Waals surface area contributed by atoms with Crippen LogP contribution in [0.1, 0.15) is 41.0 Å². The minimum atomic E-state index is 0.325. The van der Waals surface area contributed by atoms with Crippen LogP contribution in [0.4, 0.5) is 0 Å². The largest absolute Gasteiger partial charge is 0.151 e. The highest BCUT2D eigenvalue weighted by Crippen LogP contribution is 2.33. The van der Waals surface area contributed by atoms with E-state index in [0.29, 0.717) is 15.9 Å². The van der Waals surface area contributed by atoms with Gasteiger partial charge in [0, 0.05) is 16.4 Å². The van der Waals surface area contributed by atoms with Crippen molar-refractivity contribution in [2.75, 3.05) is 0 Å². The predicted molar refractivity (Wildman–Crippen MR) is 59.4 cm³/mol. The Morgan fingerprint density at radius 1 is 1.33 bits per heavy atom. The molecule has 0 bridgehead atoms. The summed E-state index contributed by atoms with van der Waals surface area (Å²) < 4.78 is 0.325. The van der Waals surface area contributed by atoms with Crippen molar-refractivity contribution in [3.8, 4) is 12.3 Å². The summed E-state index contributed by atoms with van der Waals surface area (Å²) in [5, 5.41) is 0.606. The lowest BCUT2D eigenvalue weighted by atomic mass is 10.1. The van der Waals surface area contributed by atoms with E-state index in [-0.39, 0.29) is 0 Å². The van der Waals surface area contributed by atoms with Gasteiger partial charge in [-0.3, -0.25) is 0 Å². The van der Waals surface area contributed by atoms with Crippen molar-refractivity contribution in [2.45, 2.75) is 51.0 Å². The van der Waals surface area contributed by atoms with Crippen LogP contribution >= 0.6 is 11.8 Å². The van der Waals surface area contributed by atoms with Gasteiger partial charge in [-0.05, 0) is 5.92 Å². The van der Waals surface area contributed by atoms with E-state index < -0.39 is 0 Å². The van der Waals surface area contributed by atoms with E-state index in [2.05, 4.69) is 40.5 Å². The Balaban J connectivity index is 4.07. The first kappa shape index (κ1) is 11.9. The molecule has 0 aliphatic heterocycles. The highest BCUT2D eigenvalue weighted by atomic mass is 32.2. The molecule has 0 spiro atoms. The van der Waals surface area contributed by atoms with Crippen molar-refractivity contribution in [2.24, 2.45) is 5.92 Å². The van der Waals surface area contributed by atoms with Gasteiger partial charge in [0.25, 0.3) is 0 Å². The van der Waals surface area contributed by atoms with Crippen molar-refractivity contribution in [1.29, 1.82) is 0 Å². The average molecular weight is 184 g/mol. The molecule has 0 N–H and O–H groups in total. The number of rotatable bonds is 3.